The molecule has 12 heteroatoms. The van der Waals surface area contributed by atoms with Crippen molar-refractivity contribution in [2.24, 2.45) is 0 Å². The number of nitrogens with zero attached hydrogens (tertiary/aromatic N) is 2. The number of hydrogen-bond acceptors (Lipinski definition) is 9. The Balaban J connectivity index is 4.64. The molecule has 0 saturated heterocycles. The summed E-state index contributed by atoms with van der Waals surface area (Å²) in [4.78, 5) is 64.3. The fraction of sp³-hybridized carbons (Fsp3) is 0.583. The second-order valence-corrected chi connectivity index (χ2v) is 4.63. The standard InChI is InChI=1S/C12H18N2O10/c1-8(15)23-24-12(22)7-14(6-11(20)21)3-2-13(4-9(16)17)5-10(18)19/h2-7H2,1H3,(H,16,17)(H,18,19)(H,20,21). The fourth-order valence-electron chi connectivity index (χ4n) is 1.60. The maximum atomic E-state index is 11.4. The van der Waals surface area contributed by atoms with Crippen molar-refractivity contribution < 1.29 is 49.1 Å². The van der Waals surface area contributed by atoms with E-state index in [4.69, 9.17) is 15.3 Å². The molecule has 0 aliphatic heterocycles. The lowest BCUT2D eigenvalue weighted by molar-refractivity contribution is -0.257. The molecule has 24 heavy (non-hydrogen) atoms. The van der Waals surface area contributed by atoms with E-state index in [9.17, 15) is 24.0 Å². The van der Waals surface area contributed by atoms with Gasteiger partial charge in [0.2, 0.25) is 0 Å². The van der Waals surface area contributed by atoms with E-state index in [1.165, 1.54) is 0 Å². The molecule has 0 saturated carbocycles. The predicted octanol–water partition coefficient (Wildman–Crippen LogP) is -2.13. The van der Waals surface area contributed by atoms with Crippen LogP contribution in [-0.2, 0) is 33.7 Å². The predicted molar refractivity (Wildman–Crippen MR) is 73.6 cm³/mol. The Morgan fingerprint density at radius 1 is 0.708 bits per heavy atom. The van der Waals surface area contributed by atoms with Crippen molar-refractivity contribution >= 4 is 29.8 Å². The summed E-state index contributed by atoms with van der Waals surface area (Å²) in [5.41, 5.74) is 0. The summed E-state index contributed by atoms with van der Waals surface area (Å²) in [7, 11) is 0. The minimum absolute atomic E-state index is 0.118. The number of hydrogen-bond donors (Lipinski definition) is 3. The first kappa shape index (κ1) is 21.3. The molecule has 0 fully saturated rings. The summed E-state index contributed by atoms with van der Waals surface area (Å²) in [6, 6.07) is 0. The zero-order valence-electron chi connectivity index (χ0n) is 12.8. The van der Waals surface area contributed by atoms with E-state index in [0.717, 1.165) is 16.7 Å². The van der Waals surface area contributed by atoms with Gasteiger partial charge in [-0.1, -0.05) is 0 Å². The largest absolute Gasteiger partial charge is 0.480 e. The Morgan fingerprint density at radius 3 is 1.42 bits per heavy atom. The van der Waals surface area contributed by atoms with Gasteiger partial charge in [0.1, 0.15) is 6.54 Å². The van der Waals surface area contributed by atoms with Crippen LogP contribution in [0.15, 0.2) is 0 Å². The molecule has 0 heterocycles. The lowest BCUT2D eigenvalue weighted by atomic mass is 10.4. The highest BCUT2D eigenvalue weighted by atomic mass is 17.2. The highest BCUT2D eigenvalue weighted by Crippen LogP contribution is 1.96. The van der Waals surface area contributed by atoms with Gasteiger partial charge in [-0.3, -0.25) is 24.2 Å². The number of carbonyl (C=O) groups is 5. The third-order valence-electron chi connectivity index (χ3n) is 2.41. The molecule has 0 amide bonds. The highest BCUT2D eigenvalue weighted by molar-refractivity contribution is 5.75. The van der Waals surface area contributed by atoms with Crippen LogP contribution in [0.1, 0.15) is 6.92 Å². The van der Waals surface area contributed by atoms with Crippen molar-refractivity contribution in [2.75, 3.05) is 39.3 Å². The van der Waals surface area contributed by atoms with Gasteiger partial charge in [-0.05, 0) is 0 Å². The molecular formula is C12H18N2O10. The molecule has 3 N–H and O–H groups in total. The summed E-state index contributed by atoms with van der Waals surface area (Å²) in [5.74, 6) is -5.68. The van der Waals surface area contributed by atoms with Crippen LogP contribution in [0.3, 0.4) is 0 Å². The number of carboxylic acids is 3. The van der Waals surface area contributed by atoms with E-state index in [1.807, 2.05) is 0 Å². The summed E-state index contributed by atoms with van der Waals surface area (Å²) in [6.07, 6.45) is 0. The molecule has 136 valence electrons. The second-order valence-electron chi connectivity index (χ2n) is 4.63. The Labute approximate surface area is 136 Å². The lowest BCUT2D eigenvalue weighted by Crippen LogP contribution is -2.43. The summed E-state index contributed by atoms with van der Waals surface area (Å²) in [6.45, 7) is -1.50. The Morgan fingerprint density at radius 2 is 1.08 bits per heavy atom. The summed E-state index contributed by atoms with van der Waals surface area (Å²) < 4.78 is 0. The van der Waals surface area contributed by atoms with Crippen LogP contribution < -0.4 is 0 Å². The summed E-state index contributed by atoms with van der Waals surface area (Å²) in [5, 5.41) is 26.2. The van der Waals surface area contributed by atoms with Crippen LogP contribution in [0.2, 0.25) is 0 Å². The SMILES string of the molecule is CC(=O)OOC(=O)CN(CCN(CC(=O)O)CC(=O)O)CC(=O)O. The van der Waals surface area contributed by atoms with E-state index in [-0.39, 0.29) is 13.1 Å². The minimum atomic E-state index is -1.27. The topological polar surface area (TPSA) is 171 Å². The molecule has 0 aromatic carbocycles. The molecule has 0 aliphatic carbocycles. The van der Waals surface area contributed by atoms with Crippen LogP contribution in [0, 0.1) is 0 Å². The number of rotatable bonds is 11. The van der Waals surface area contributed by atoms with Gasteiger partial charge >= 0.3 is 29.8 Å². The summed E-state index contributed by atoms with van der Waals surface area (Å²) >= 11 is 0. The molecule has 0 unspecified atom stereocenters. The van der Waals surface area contributed by atoms with Gasteiger partial charge in [0.15, 0.2) is 0 Å². The van der Waals surface area contributed by atoms with E-state index in [2.05, 4.69) is 9.78 Å². The van der Waals surface area contributed by atoms with Crippen LogP contribution in [0.5, 0.6) is 0 Å². The Bertz CT molecular complexity index is 476. The molecule has 0 radical (unpaired) electrons. The van der Waals surface area contributed by atoms with Crippen molar-refractivity contribution in [2.45, 2.75) is 6.92 Å². The van der Waals surface area contributed by atoms with E-state index >= 15 is 0 Å². The quantitative estimate of drug-likeness (QED) is 0.273. The average Bonchev–Trinajstić information content (AvgIpc) is 2.40. The van der Waals surface area contributed by atoms with Crippen LogP contribution >= 0.6 is 0 Å². The lowest BCUT2D eigenvalue weighted by Gasteiger charge is -2.23. The van der Waals surface area contributed by atoms with Crippen LogP contribution in [-0.4, -0.2) is 94.2 Å². The maximum Gasteiger partial charge on any atom is 0.369 e. The molecule has 0 rings (SSSR count). The first-order valence-corrected chi connectivity index (χ1v) is 6.58. The van der Waals surface area contributed by atoms with Gasteiger partial charge in [-0.25, -0.2) is 19.4 Å². The maximum absolute atomic E-state index is 11.4. The molecular weight excluding hydrogens is 332 g/mol. The van der Waals surface area contributed by atoms with Crippen molar-refractivity contribution in [1.82, 2.24) is 9.80 Å². The molecule has 0 spiro atoms. The fourth-order valence-corrected chi connectivity index (χ4v) is 1.60. The molecule has 0 aromatic heterocycles. The van der Waals surface area contributed by atoms with Gasteiger partial charge in [0.25, 0.3) is 0 Å². The average molecular weight is 350 g/mol. The van der Waals surface area contributed by atoms with Gasteiger partial charge in [-0.15, -0.1) is 0 Å². The zero-order valence-corrected chi connectivity index (χ0v) is 12.8. The van der Waals surface area contributed by atoms with Crippen molar-refractivity contribution in [1.29, 1.82) is 0 Å². The van der Waals surface area contributed by atoms with Crippen LogP contribution in [0.4, 0.5) is 0 Å². The molecule has 0 atom stereocenters. The first-order valence-electron chi connectivity index (χ1n) is 6.58. The van der Waals surface area contributed by atoms with E-state index < -0.39 is 56.0 Å². The third-order valence-corrected chi connectivity index (χ3v) is 2.41. The van der Waals surface area contributed by atoms with Crippen molar-refractivity contribution in [3.63, 3.8) is 0 Å². The van der Waals surface area contributed by atoms with Crippen molar-refractivity contribution in [3.05, 3.63) is 0 Å². The van der Waals surface area contributed by atoms with E-state index in [1.54, 1.807) is 0 Å². The molecule has 0 aliphatic rings. The molecule has 0 bridgehead atoms. The number of aliphatic carboxylic acids is 3. The number of carboxylic acid groups (broad SMARTS) is 3. The van der Waals surface area contributed by atoms with Gasteiger partial charge < -0.3 is 15.3 Å². The monoisotopic (exact) mass is 350 g/mol. The zero-order chi connectivity index (χ0) is 18.7. The Kier molecular flexibility index (Phi) is 9.67. The van der Waals surface area contributed by atoms with E-state index in [0.29, 0.717) is 0 Å². The number of carbonyl (C=O) groups excluding carboxylic acids is 2. The van der Waals surface area contributed by atoms with Gasteiger partial charge in [0.05, 0.1) is 19.6 Å². The highest BCUT2D eigenvalue weighted by Gasteiger charge is 2.19. The smallest absolute Gasteiger partial charge is 0.369 e. The first-order chi connectivity index (χ1) is 11.1. The van der Waals surface area contributed by atoms with Crippen LogP contribution in [0.25, 0.3) is 0 Å². The Hall–Kier alpha value is -2.73. The molecule has 0 aromatic rings. The second kappa shape index (κ2) is 10.9. The third kappa shape index (κ3) is 11.9. The minimum Gasteiger partial charge on any atom is -0.480 e. The normalized spacial score (nSPS) is 10.5. The molecule has 12 nitrogen and oxygen atoms in total. The van der Waals surface area contributed by atoms with Gasteiger partial charge in [0, 0.05) is 20.0 Å². The van der Waals surface area contributed by atoms with Crippen molar-refractivity contribution in [3.8, 4) is 0 Å². The van der Waals surface area contributed by atoms with Gasteiger partial charge in [-0.2, -0.15) is 0 Å².